The monoisotopic (exact) mass is 335 g/mol. The van der Waals surface area contributed by atoms with Gasteiger partial charge in [0.1, 0.15) is 0 Å². The van der Waals surface area contributed by atoms with E-state index in [0.717, 1.165) is 12.8 Å². The molecule has 0 aromatic heterocycles. The van der Waals surface area contributed by atoms with Crippen LogP contribution in [0.3, 0.4) is 0 Å². The number of halogens is 1. The number of benzene rings is 1. The van der Waals surface area contributed by atoms with E-state index in [-0.39, 0.29) is 18.4 Å². The zero-order valence-corrected chi connectivity index (χ0v) is 13.7. The Morgan fingerprint density at radius 2 is 1.74 bits per heavy atom. The Kier molecular flexibility index (Phi) is 5.18. The molecule has 124 valence electrons. The van der Waals surface area contributed by atoms with Crippen LogP contribution in [0.2, 0.25) is 5.02 Å². The summed E-state index contributed by atoms with van der Waals surface area (Å²) in [6.07, 6.45) is 5.11. The molecule has 2 saturated heterocycles. The number of piperidine rings is 1. The second-order valence-electron chi connectivity index (χ2n) is 6.51. The highest BCUT2D eigenvalue weighted by Crippen LogP contribution is 2.32. The first-order valence-electron chi connectivity index (χ1n) is 8.16. The fourth-order valence-electron chi connectivity index (χ4n) is 3.59. The molecule has 6 heteroatoms. The summed E-state index contributed by atoms with van der Waals surface area (Å²) in [5.74, 6) is 0.168. The van der Waals surface area contributed by atoms with Crippen LogP contribution in [0.15, 0.2) is 24.3 Å². The number of nitrogens with one attached hydrogen (secondary N) is 3. The molecule has 3 rings (SSSR count). The van der Waals surface area contributed by atoms with Crippen molar-refractivity contribution in [2.24, 2.45) is 5.92 Å². The van der Waals surface area contributed by atoms with Gasteiger partial charge in [-0.1, -0.05) is 11.6 Å². The molecule has 2 unspecified atom stereocenters. The van der Waals surface area contributed by atoms with Crippen molar-refractivity contribution in [2.75, 3.05) is 11.9 Å². The second-order valence-corrected chi connectivity index (χ2v) is 6.95. The molecule has 2 bridgehead atoms. The van der Waals surface area contributed by atoms with Crippen LogP contribution in [0.1, 0.15) is 32.1 Å². The number of rotatable bonds is 5. The fourth-order valence-corrected chi connectivity index (χ4v) is 3.72. The van der Waals surface area contributed by atoms with Gasteiger partial charge >= 0.3 is 0 Å². The van der Waals surface area contributed by atoms with Gasteiger partial charge in [-0.25, -0.2) is 0 Å². The van der Waals surface area contributed by atoms with Gasteiger partial charge in [0.05, 0.1) is 6.54 Å². The van der Waals surface area contributed by atoms with Gasteiger partial charge in [-0.3, -0.25) is 9.59 Å². The molecule has 2 aliphatic rings. The molecule has 2 heterocycles. The first-order chi connectivity index (χ1) is 11.1. The van der Waals surface area contributed by atoms with Gasteiger partial charge in [0.15, 0.2) is 0 Å². The van der Waals surface area contributed by atoms with Crippen LogP contribution in [-0.4, -0.2) is 30.4 Å². The summed E-state index contributed by atoms with van der Waals surface area (Å²) in [6, 6.07) is 8.04. The maximum atomic E-state index is 12.0. The summed E-state index contributed by atoms with van der Waals surface area (Å²) in [5, 5.41) is 9.63. The number of hydrogen-bond donors (Lipinski definition) is 3. The average Bonchev–Trinajstić information content (AvgIpc) is 2.86. The quantitative estimate of drug-likeness (QED) is 0.773. The van der Waals surface area contributed by atoms with Crippen molar-refractivity contribution in [3.8, 4) is 0 Å². The third kappa shape index (κ3) is 4.69. The van der Waals surface area contributed by atoms with Crippen LogP contribution >= 0.6 is 11.6 Å². The molecule has 1 aromatic rings. The molecule has 0 saturated carbocycles. The molecule has 2 atom stereocenters. The summed E-state index contributed by atoms with van der Waals surface area (Å²) < 4.78 is 0. The van der Waals surface area contributed by atoms with Crippen molar-refractivity contribution < 1.29 is 9.59 Å². The second kappa shape index (κ2) is 7.32. The Balaban J connectivity index is 1.38. The summed E-state index contributed by atoms with van der Waals surface area (Å²) in [7, 11) is 0. The van der Waals surface area contributed by atoms with Crippen LogP contribution in [0.25, 0.3) is 0 Å². The highest BCUT2D eigenvalue weighted by molar-refractivity contribution is 6.30. The van der Waals surface area contributed by atoms with Gasteiger partial charge in [0, 0.05) is 29.2 Å². The first-order valence-corrected chi connectivity index (χ1v) is 8.54. The lowest BCUT2D eigenvalue weighted by atomic mass is 9.89. The maximum absolute atomic E-state index is 12.0. The number of amides is 2. The van der Waals surface area contributed by atoms with Gasteiger partial charge in [0.25, 0.3) is 0 Å². The molecule has 0 radical (unpaired) electrons. The Morgan fingerprint density at radius 1 is 1.09 bits per heavy atom. The van der Waals surface area contributed by atoms with E-state index in [2.05, 4.69) is 16.0 Å². The van der Waals surface area contributed by atoms with Crippen molar-refractivity contribution >= 4 is 29.1 Å². The zero-order valence-electron chi connectivity index (χ0n) is 13.0. The van der Waals surface area contributed by atoms with Gasteiger partial charge in [-0.15, -0.1) is 0 Å². The number of carbonyl (C=O) groups is 2. The predicted molar refractivity (Wildman–Crippen MR) is 90.4 cm³/mol. The molecule has 2 aliphatic heterocycles. The fraction of sp³-hybridized carbons (Fsp3) is 0.529. The van der Waals surface area contributed by atoms with Crippen molar-refractivity contribution in [3.63, 3.8) is 0 Å². The Hall–Kier alpha value is -1.59. The summed E-state index contributed by atoms with van der Waals surface area (Å²) >= 11 is 5.79. The molecule has 0 spiro atoms. The number of anilines is 1. The van der Waals surface area contributed by atoms with E-state index >= 15 is 0 Å². The predicted octanol–water partition coefficient (Wildman–Crippen LogP) is 2.32. The average molecular weight is 336 g/mol. The summed E-state index contributed by atoms with van der Waals surface area (Å²) in [5.41, 5.74) is 0.670. The third-order valence-corrected chi connectivity index (χ3v) is 4.87. The van der Waals surface area contributed by atoms with E-state index in [1.165, 1.54) is 12.8 Å². The van der Waals surface area contributed by atoms with E-state index in [1.807, 2.05) is 0 Å². The smallest absolute Gasteiger partial charge is 0.243 e. The molecular formula is C17H22ClN3O2. The van der Waals surface area contributed by atoms with Crippen molar-refractivity contribution in [1.82, 2.24) is 10.6 Å². The van der Waals surface area contributed by atoms with Crippen molar-refractivity contribution in [1.29, 1.82) is 0 Å². The van der Waals surface area contributed by atoms with Gasteiger partial charge in [-0.2, -0.15) is 0 Å². The molecule has 2 fully saturated rings. The summed E-state index contributed by atoms with van der Waals surface area (Å²) in [4.78, 5) is 23.9. The minimum absolute atomic E-state index is 0.000707. The number of carbonyl (C=O) groups excluding carboxylic acids is 2. The van der Waals surface area contributed by atoms with Gasteiger partial charge < -0.3 is 16.0 Å². The number of fused-ring (bicyclic) bond motifs is 2. The molecule has 2 amide bonds. The minimum atomic E-state index is -0.231. The molecule has 5 nitrogen and oxygen atoms in total. The highest BCUT2D eigenvalue weighted by Gasteiger charge is 2.34. The zero-order chi connectivity index (χ0) is 16.2. The molecular weight excluding hydrogens is 314 g/mol. The highest BCUT2D eigenvalue weighted by atomic mass is 35.5. The van der Waals surface area contributed by atoms with Crippen molar-refractivity contribution in [3.05, 3.63) is 29.3 Å². The van der Waals surface area contributed by atoms with Crippen LogP contribution < -0.4 is 16.0 Å². The Labute approximate surface area is 141 Å². The minimum Gasteiger partial charge on any atom is -0.347 e. The van der Waals surface area contributed by atoms with E-state index in [1.54, 1.807) is 24.3 Å². The normalized spacial score (nSPS) is 25.9. The Morgan fingerprint density at radius 3 is 2.39 bits per heavy atom. The lowest BCUT2D eigenvalue weighted by Gasteiger charge is -2.28. The Bertz CT molecular complexity index is 564. The van der Waals surface area contributed by atoms with Crippen LogP contribution in [0.4, 0.5) is 5.69 Å². The van der Waals surface area contributed by atoms with E-state index in [0.29, 0.717) is 35.1 Å². The lowest BCUT2D eigenvalue weighted by Crippen LogP contribution is -2.40. The van der Waals surface area contributed by atoms with E-state index < -0.39 is 0 Å². The van der Waals surface area contributed by atoms with Crippen LogP contribution in [-0.2, 0) is 9.59 Å². The molecule has 23 heavy (non-hydrogen) atoms. The topological polar surface area (TPSA) is 70.2 Å². The number of hydrogen-bond acceptors (Lipinski definition) is 3. The lowest BCUT2D eigenvalue weighted by molar-refractivity contribution is -0.125. The summed E-state index contributed by atoms with van der Waals surface area (Å²) in [6.45, 7) is -0.000707. The molecule has 0 aliphatic carbocycles. The van der Waals surface area contributed by atoms with E-state index in [4.69, 9.17) is 11.6 Å². The molecule has 3 N–H and O–H groups in total. The van der Waals surface area contributed by atoms with Gasteiger partial charge in [0.2, 0.25) is 11.8 Å². The SMILES string of the molecule is O=C(CC1CC2CCC(C1)N2)NCC(=O)Nc1ccc(Cl)cc1. The van der Waals surface area contributed by atoms with Crippen LogP contribution in [0, 0.1) is 5.92 Å². The third-order valence-electron chi connectivity index (χ3n) is 4.62. The first kappa shape index (κ1) is 16.3. The maximum Gasteiger partial charge on any atom is 0.243 e. The van der Waals surface area contributed by atoms with Gasteiger partial charge in [-0.05, 0) is 55.9 Å². The van der Waals surface area contributed by atoms with Crippen molar-refractivity contribution in [2.45, 2.75) is 44.2 Å². The largest absolute Gasteiger partial charge is 0.347 e. The van der Waals surface area contributed by atoms with Crippen LogP contribution in [0.5, 0.6) is 0 Å². The molecule has 1 aromatic carbocycles. The van der Waals surface area contributed by atoms with E-state index in [9.17, 15) is 9.59 Å². The standard InChI is InChI=1S/C17H22ClN3O2/c18-12-1-3-13(4-2-12)21-17(23)10-19-16(22)9-11-7-14-5-6-15(8-11)20-14/h1-4,11,14-15,20H,5-10H2,(H,19,22)(H,21,23).